The Morgan fingerprint density at radius 3 is 2.47 bits per heavy atom. The third-order valence-corrected chi connectivity index (χ3v) is 5.06. The van der Waals surface area contributed by atoms with Crippen LogP contribution in [-0.2, 0) is 4.74 Å². The predicted molar refractivity (Wildman–Crippen MR) is 122 cm³/mol. The Kier molecular flexibility index (Phi) is 5.77. The first kappa shape index (κ1) is 21.7. The Bertz CT molecular complexity index is 1100. The van der Waals surface area contributed by atoms with Crippen LogP contribution < -0.4 is 15.0 Å². The van der Waals surface area contributed by atoms with Crippen LogP contribution in [0.2, 0.25) is 0 Å². The summed E-state index contributed by atoms with van der Waals surface area (Å²) in [7, 11) is 1.62. The van der Waals surface area contributed by atoms with Gasteiger partial charge in [0.2, 0.25) is 0 Å². The van der Waals surface area contributed by atoms with Crippen LogP contribution in [-0.4, -0.2) is 69.5 Å². The fraction of sp³-hybridized carbons (Fsp3) is 0.455. The van der Waals surface area contributed by atoms with Crippen molar-refractivity contribution in [2.75, 3.05) is 43.5 Å². The van der Waals surface area contributed by atoms with Gasteiger partial charge < -0.3 is 29.0 Å². The van der Waals surface area contributed by atoms with Crippen molar-refractivity contribution in [2.24, 2.45) is 0 Å². The first-order chi connectivity index (χ1) is 15.2. The number of pyridine rings is 1. The number of amides is 1. The third kappa shape index (κ3) is 4.84. The van der Waals surface area contributed by atoms with Crippen molar-refractivity contribution in [1.29, 1.82) is 0 Å². The van der Waals surface area contributed by atoms with Gasteiger partial charge in [0, 0.05) is 44.6 Å². The van der Waals surface area contributed by atoms with E-state index in [1.807, 2.05) is 62.7 Å². The molecule has 1 saturated heterocycles. The lowest BCUT2D eigenvalue weighted by Crippen LogP contribution is -2.50. The molecule has 0 aromatic carbocycles. The highest BCUT2D eigenvalue weighted by Gasteiger charge is 2.26. The topological polar surface area (TPSA) is 97.1 Å². The molecular weight excluding hydrogens is 410 g/mol. The van der Waals surface area contributed by atoms with Gasteiger partial charge >= 0.3 is 6.09 Å². The number of rotatable bonds is 4. The number of carbonyl (C=O) groups is 1. The van der Waals surface area contributed by atoms with Crippen LogP contribution in [0.4, 0.5) is 22.1 Å². The summed E-state index contributed by atoms with van der Waals surface area (Å²) in [5, 5.41) is 12.0. The van der Waals surface area contributed by atoms with Gasteiger partial charge in [0.25, 0.3) is 0 Å². The van der Waals surface area contributed by atoms with Crippen LogP contribution in [0.25, 0.3) is 5.65 Å². The van der Waals surface area contributed by atoms with E-state index in [2.05, 4.69) is 25.4 Å². The van der Waals surface area contributed by atoms with Crippen LogP contribution in [0.5, 0.6) is 5.75 Å². The summed E-state index contributed by atoms with van der Waals surface area (Å²) in [5.74, 6) is 2.05. The molecule has 10 heteroatoms. The molecular formula is C22H29N7O3. The van der Waals surface area contributed by atoms with E-state index in [9.17, 15) is 4.79 Å². The summed E-state index contributed by atoms with van der Waals surface area (Å²) in [4.78, 5) is 20.5. The standard InChI is InChI=1S/C22H29N7O3/c1-15-13-29-14-16(17(31-5)12-20(29)23-15)24-18-6-7-19(26-25-18)27-8-10-28(11-9-27)21(30)32-22(2,3)4/h6-7,12-14H,8-11H2,1-5H3,(H,24,25). The van der Waals surface area contributed by atoms with E-state index in [0.29, 0.717) is 37.7 Å². The molecule has 4 rings (SSSR count). The fourth-order valence-electron chi connectivity index (χ4n) is 3.55. The van der Waals surface area contributed by atoms with E-state index in [0.717, 1.165) is 22.8 Å². The Morgan fingerprint density at radius 1 is 1.09 bits per heavy atom. The Labute approximate surface area is 187 Å². The average Bonchev–Trinajstić information content (AvgIpc) is 3.11. The predicted octanol–water partition coefficient (Wildman–Crippen LogP) is 3.24. The highest BCUT2D eigenvalue weighted by atomic mass is 16.6. The van der Waals surface area contributed by atoms with Crippen molar-refractivity contribution in [3.63, 3.8) is 0 Å². The highest BCUT2D eigenvalue weighted by molar-refractivity contribution is 5.69. The zero-order chi connectivity index (χ0) is 22.9. The molecule has 3 aromatic rings. The van der Waals surface area contributed by atoms with Crippen LogP contribution in [0.15, 0.2) is 30.6 Å². The van der Waals surface area contributed by atoms with E-state index >= 15 is 0 Å². The van der Waals surface area contributed by atoms with Crippen molar-refractivity contribution in [1.82, 2.24) is 24.5 Å². The maximum absolute atomic E-state index is 12.2. The van der Waals surface area contributed by atoms with Crippen LogP contribution in [0, 0.1) is 6.92 Å². The number of nitrogens with one attached hydrogen (secondary N) is 1. The second-order valence-corrected chi connectivity index (χ2v) is 8.76. The number of ether oxygens (including phenoxy) is 2. The molecule has 170 valence electrons. The van der Waals surface area contributed by atoms with Crippen molar-refractivity contribution >= 4 is 29.1 Å². The second-order valence-electron chi connectivity index (χ2n) is 8.76. The van der Waals surface area contributed by atoms with Gasteiger partial charge in [-0.15, -0.1) is 10.2 Å². The lowest BCUT2D eigenvalue weighted by atomic mass is 10.2. The number of carbonyl (C=O) groups excluding carboxylic acids is 1. The molecule has 10 nitrogen and oxygen atoms in total. The smallest absolute Gasteiger partial charge is 0.410 e. The Balaban J connectivity index is 1.40. The molecule has 0 bridgehead atoms. The van der Waals surface area contributed by atoms with Crippen LogP contribution in [0.1, 0.15) is 26.5 Å². The number of nitrogens with zero attached hydrogens (tertiary/aromatic N) is 6. The quantitative estimate of drug-likeness (QED) is 0.662. The second kappa shape index (κ2) is 8.52. The molecule has 0 aliphatic carbocycles. The number of fused-ring (bicyclic) bond motifs is 1. The lowest BCUT2D eigenvalue weighted by molar-refractivity contribution is 0.0240. The van der Waals surface area contributed by atoms with E-state index in [-0.39, 0.29) is 6.09 Å². The molecule has 0 atom stereocenters. The Morgan fingerprint density at radius 2 is 1.84 bits per heavy atom. The molecule has 32 heavy (non-hydrogen) atoms. The summed E-state index contributed by atoms with van der Waals surface area (Å²) in [6.45, 7) is 10.1. The zero-order valence-corrected chi connectivity index (χ0v) is 19.1. The average molecular weight is 440 g/mol. The minimum Gasteiger partial charge on any atom is -0.494 e. The summed E-state index contributed by atoms with van der Waals surface area (Å²) >= 11 is 0. The molecule has 3 aromatic heterocycles. The number of aryl methyl sites for hydroxylation is 1. The highest BCUT2D eigenvalue weighted by Crippen LogP contribution is 2.28. The maximum Gasteiger partial charge on any atom is 0.410 e. The van der Waals surface area contributed by atoms with Crippen molar-refractivity contribution in [3.8, 4) is 5.75 Å². The molecule has 0 unspecified atom stereocenters. The number of methoxy groups -OCH3 is 1. The molecule has 1 N–H and O–H groups in total. The van der Waals surface area contributed by atoms with Crippen LogP contribution >= 0.6 is 0 Å². The summed E-state index contributed by atoms with van der Waals surface area (Å²) in [6.07, 6.45) is 3.59. The van der Waals surface area contributed by atoms with Crippen molar-refractivity contribution in [2.45, 2.75) is 33.3 Å². The SMILES string of the molecule is COc1cc2nc(C)cn2cc1Nc1ccc(N2CCN(C(=O)OC(C)(C)C)CC2)nn1. The summed E-state index contributed by atoms with van der Waals surface area (Å²) in [5.41, 5.74) is 2.02. The largest absolute Gasteiger partial charge is 0.494 e. The number of hydrogen-bond acceptors (Lipinski definition) is 8. The zero-order valence-electron chi connectivity index (χ0n) is 19.1. The monoisotopic (exact) mass is 439 g/mol. The molecule has 1 aliphatic rings. The summed E-state index contributed by atoms with van der Waals surface area (Å²) in [6, 6.07) is 5.68. The number of imidazole rings is 1. The minimum absolute atomic E-state index is 0.276. The molecule has 0 radical (unpaired) electrons. The van der Waals surface area contributed by atoms with Crippen molar-refractivity contribution in [3.05, 3.63) is 36.3 Å². The van der Waals surface area contributed by atoms with E-state index < -0.39 is 5.60 Å². The van der Waals surface area contributed by atoms with E-state index in [4.69, 9.17) is 9.47 Å². The first-order valence-electron chi connectivity index (χ1n) is 10.6. The van der Waals surface area contributed by atoms with Gasteiger partial charge in [0.05, 0.1) is 18.5 Å². The molecule has 0 spiro atoms. The minimum atomic E-state index is -0.494. The van der Waals surface area contributed by atoms with Crippen molar-refractivity contribution < 1.29 is 14.3 Å². The maximum atomic E-state index is 12.2. The number of anilines is 3. The fourth-order valence-corrected chi connectivity index (χ4v) is 3.55. The number of piperazine rings is 1. The third-order valence-electron chi connectivity index (χ3n) is 5.06. The first-order valence-corrected chi connectivity index (χ1v) is 10.6. The Hall–Kier alpha value is -3.56. The molecule has 1 aliphatic heterocycles. The van der Waals surface area contributed by atoms with Gasteiger partial charge in [-0.2, -0.15) is 0 Å². The van der Waals surface area contributed by atoms with E-state index in [1.54, 1.807) is 12.0 Å². The number of hydrogen-bond donors (Lipinski definition) is 1. The number of aromatic nitrogens is 4. The van der Waals surface area contributed by atoms with Gasteiger partial charge in [-0.3, -0.25) is 0 Å². The van der Waals surface area contributed by atoms with Gasteiger partial charge in [-0.05, 0) is 39.8 Å². The molecule has 1 fully saturated rings. The molecule has 0 saturated carbocycles. The normalized spacial score (nSPS) is 14.5. The lowest BCUT2D eigenvalue weighted by Gasteiger charge is -2.35. The van der Waals surface area contributed by atoms with Crippen LogP contribution in [0.3, 0.4) is 0 Å². The molecule has 1 amide bonds. The summed E-state index contributed by atoms with van der Waals surface area (Å²) < 4.78 is 12.9. The van der Waals surface area contributed by atoms with E-state index in [1.165, 1.54) is 0 Å². The van der Waals surface area contributed by atoms with Gasteiger partial charge in [0.15, 0.2) is 11.6 Å². The van der Waals surface area contributed by atoms with Gasteiger partial charge in [0.1, 0.15) is 17.0 Å². The molecule has 4 heterocycles. The van der Waals surface area contributed by atoms with Gasteiger partial charge in [-0.25, -0.2) is 9.78 Å². The van der Waals surface area contributed by atoms with Gasteiger partial charge in [-0.1, -0.05) is 0 Å².